The number of hydrogen-bond acceptors (Lipinski definition) is 7. The van der Waals surface area contributed by atoms with Gasteiger partial charge in [-0.05, 0) is 59.2 Å². The van der Waals surface area contributed by atoms with Gasteiger partial charge in [-0.2, -0.15) is 0 Å². The Morgan fingerprint density at radius 2 is 1.42 bits per heavy atom. The number of benzene rings is 1. The van der Waals surface area contributed by atoms with Gasteiger partial charge < -0.3 is 19.7 Å². The third kappa shape index (κ3) is 5.51. The van der Waals surface area contributed by atoms with Crippen LogP contribution in [0.1, 0.15) is 47.1 Å². The highest BCUT2D eigenvalue weighted by Gasteiger charge is 2.23. The minimum atomic E-state index is -0.735. The molecule has 0 amide bonds. The van der Waals surface area contributed by atoms with Crippen molar-refractivity contribution in [1.82, 2.24) is 0 Å². The molecule has 0 aliphatic heterocycles. The van der Waals surface area contributed by atoms with Crippen LogP contribution in [0, 0.1) is 0 Å². The Hall–Kier alpha value is -1.99. The Labute approximate surface area is 160 Å². The SMILES string of the molecule is CC(C)(C)OC(=O)C(c1ccc(OC(C)(C)C)cc1)=c1sc(=C(O)O)s1. The Morgan fingerprint density at radius 1 is 0.885 bits per heavy atom. The fraction of sp³-hybridized carbons (Fsp3) is 0.421. The van der Waals surface area contributed by atoms with Gasteiger partial charge in [0.2, 0.25) is 0 Å². The van der Waals surface area contributed by atoms with E-state index in [4.69, 9.17) is 19.7 Å². The lowest BCUT2D eigenvalue weighted by Crippen LogP contribution is -2.28. The van der Waals surface area contributed by atoms with Gasteiger partial charge in [0.05, 0.1) is 9.42 Å². The van der Waals surface area contributed by atoms with Crippen molar-refractivity contribution in [2.45, 2.75) is 52.7 Å². The van der Waals surface area contributed by atoms with E-state index in [9.17, 15) is 4.79 Å². The Morgan fingerprint density at radius 3 is 1.85 bits per heavy atom. The summed E-state index contributed by atoms with van der Waals surface area (Å²) in [6, 6.07) is 7.21. The van der Waals surface area contributed by atoms with E-state index in [0.29, 0.717) is 24.6 Å². The summed E-state index contributed by atoms with van der Waals surface area (Å²) in [6.07, 6.45) is 0. The van der Waals surface area contributed by atoms with Crippen molar-refractivity contribution in [1.29, 1.82) is 0 Å². The first-order chi connectivity index (χ1) is 11.9. The monoisotopic (exact) mass is 396 g/mol. The molecule has 7 heteroatoms. The van der Waals surface area contributed by atoms with Gasteiger partial charge in [-0.25, -0.2) is 4.79 Å². The van der Waals surface area contributed by atoms with E-state index in [1.165, 1.54) is 0 Å². The van der Waals surface area contributed by atoms with Gasteiger partial charge in [0.15, 0.2) is 3.85 Å². The molecule has 5 nitrogen and oxygen atoms in total. The summed E-state index contributed by atoms with van der Waals surface area (Å²) in [7, 11) is 0. The van der Waals surface area contributed by atoms with Gasteiger partial charge in [-0.1, -0.05) is 12.1 Å². The predicted octanol–water partition coefficient (Wildman–Crippen LogP) is 3.71. The van der Waals surface area contributed by atoms with E-state index in [-0.39, 0.29) is 5.60 Å². The minimum absolute atomic E-state index is 0.313. The highest BCUT2D eigenvalue weighted by Crippen LogP contribution is 2.23. The number of hydrogen-bond donors (Lipinski definition) is 2. The van der Waals surface area contributed by atoms with Crippen molar-refractivity contribution >= 4 is 40.2 Å². The zero-order valence-electron chi connectivity index (χ0n) is 15.7. The zero-order valence-corrected chi connectivity index (χ0v) is 17.4. The number of aliphatic hydroxyl groups is 2. The average molecular weight is 397 g/mol. The molecule has 26 heavy (non-hydrogen) atoms. The highest BCUT2D eigenvalue weighted by molar-refractivity contribution is 7.36. The predicted molar refractivity (Wildman–Crippen MR) is 105 cm³/mol. The molecule has 0 saturated carbocycles. The van der Waals surface area contributed by atoms with Gasteiger partial charge in [-0.3, -0.25) is 0 Å². The number of aliphatic hydroxyl groups excluding tert-OH is 1. The number of rotatable bonds is 3. The molecule has 1 aromatic heterocycles. The fourth-order valence-electron chi connectivity index (χ4n) is 2.06. The Kier molecular flexibility index (Phi) is 5.73. The largest absolute Gasteiger partial charge is 0.488 e. The maximum absolute atomic E-state index is 12.7. The molecule has 142 valence electrons. The number of esters is 1. The van der Waals surface area contributed by atoms with Crippen LogP contribution in [-0.2, 0) is 9.53 Å². The van der Waals surface area contributed by atoms with E-state index in [2.05, 4.69) is 0 Å². The third-order valence-electron chi connectivity index (χ3n) is 2.93. The molecule has 2 N–H and O–H groups in total. The van der Waals surface area contributed by atoms with Crippen molar-refractivity contribution in [2.24, 2.45) is 0 Å². The van der Waals surface area contributed by atoms with Crippen LogP contribution in [0.15, 0.2) is 24.3 Å². The summed E-state index contributed by atoms with van der Waals surface area (Å²) >= 11 is 2.29. The van der Waals surface area contributed by atoms with Crippen LogP contribution in [0.25, 0.3) is 11.5 Å². The smallest absolute Gasteiger partial charge is 0.341 e. The third-order valence-corrected chi connectivity index (χ3v) is 5.44. The van der Waals surface area contributed by atoms with Crippen molar-refractivity contribution in [3.05, 3.63) is 37.5 Å². The van der Waals surface area contributed by atoms with Crippen molar-refractivity contribution in [3.63, 3.8) is 0 Å². The molecule has 0 atom stereocenters. The van der Waals surface area contributed by atoms with Crippen molar-refractivity contribution in [2.75, 3.05) is 0 Å². The molecule has 0 spiro atoms. The molecule has 0 fully saturated rings. The first kappa shape index (κ1) is 20.3. The maximum Gasteiger partial charge on any atom is 0.341 e. The molecule has 2 aromatic rings. The molecule has 0 aliphatic rings. The molecule has 1 heterocycles. The van der Waals surface area contributed by atoms with Crippen LogP contribution in [-0.4, -0.2) is 27.4 Å². The van der Waals surface area contributed by atoms with Gasteiger partial charge in [0.25, 0.3) is 0 Å². The van der Waals surface area contributed by atoms with Crippen molar-refractivity contribution in [3.8, 4) is 5.75 Å². The molecule has 0 saturated heterocycles. The van der Waals surface area contributed by atoms with E-state index in [1.54, 1.807) is 45.0 Å². The van der Waals surface area contributed by atoms with E-state index >= 15 is 0 Å². The van der Waals surface area contributed by atoms with Gasteiger partial charge >= 0.3 is 11.9 Å². The van der Waals surface area contributed by atoms with Crippen LogP contribution in [0.4, 0.5) is 0 Å². The number of ether oxygens (including phenoxy) is 2. The second-order valence-electron chi connectivity index (χ2n) is 7.72. The summed E-state index contributed by atoms with van der Waals surface area (Å²) in [5.74, 6) is -0.480. The van der Waals surface area contributed by atoms with Gasteiger partial charge in [0, 0.05) is 0 Å². The van der Waals surface area contributed by atoms with Crippen molar-refractivity contribution < 1.29 is 24.5 Å². The highest BCUT2D eigenvalue weighted by atomic mass is 32.2. The first-order valence-corrected chi connectivity index (χ1v) is 9.74. The standard InChI is InChI=1S/C19H24O5S2/c1-18(2,3)23-12-9-7-11(8-10-12)13(15(22)24-19(4,5)6)16-25-17(26-16)14(20)21/h7-10,20-21H,1-6H3. The van der Waals surface area contributed by atoms with Gasteiger partial charge in [0.1, 0.15) is 17.0 Å². The van der Waals surface area contributed by atoms with Crippen LogP contribution in [0.2, 0.25) is 0 Å². The molecule has 0 bridgehead atoms. The zero-order chi connectivity index (χ0) is 19.7. The van der Waals surface area contributed by atoms with Gasteiger partial charge in [-0.15, -0.1) is 22.7 Å². The summed E-state index contributed by atoms with van der Waals surface area (Å²) in [5.41, 5.74) is 0.148. The molecule has 2 rings (SSSR count). The second-order valence-corrected chi connectivity index (χ2v) is 10.3. The lowest BCUT2D eigenvalue weighted by molar-refractivity contribution is -0.147. The minimum Gasteiger partial charge on any atom is -0.488 e. The lowest BCUT2D eigenvalue weighted by atomic mass is 10.1. The van der Waals surface area contributed by atoms with Crippen LogP contribution in [0.5, 0.6) is 5.75 Å². The Balaban J connectivity index is 2.47. The summed E-state index contributed by atoms with van der Waals surface area (Å²) < 4.78 is 12.4. The van der Waals surface area contributed by atoms with E-state index in [0.717, 1.165) is 22.7 Å². The summed E-state index contributed by atoms with van der Waals surface area (Å²) in [4.78, 5) is 12.7. The molecule has 0 radical (unpaired) electrons. The fourth-order valence-corrected chi connectivity index (χ4v) is 3.95. The number of carbonyl (C=O) groups is 1. The molecule has 0 unspecified atom stereocenters. The molecule has 1 aromatic carbocycles. The molecular weight excluding hydrogens is 372 g/mol. The Bertz CT molecular complexity index is 868. The summed E-state index contributed by atoms with van der Waals surface area (Å²) in [6.45, 7) is 11.3. The maximum atomic E-state index is 12.7. The number of carbonyl (C=O) groups excluding carboxylic acids is 1. The van der Waals surface area contributed by atoms with Crippen LogP contribution < -0.4 is 12.4 Å². The van der Waals surface area contributed by atoms with Crippen LogP contribution in [0.3, 0.4) is 0 Å². The normalized spacial score (nSPS) is 11.9. The lowest BCUT2D eigenvalue weighted by Gasteiger charge is -2.22. The molecule has 0 aliphatic carbocycles. The summed E-state index contributed by atoms with van der Waals surface area (Å²) in [5, 5.41) is 18.3. The molecular formula is C19H24O5S2. The van der Waals surface area contributed by atoms with E-state index < -0.39 is 17.5 Å². The average Bonchev–Trinajstić information content (AvgIpc) is 2.39. The van der Waals surface area contributed by atoms with E-state index in [1.807, 2.05) is 20.8 Å². The first-order valence-electron chi connectivity index (χ1n) is 8.11. The second kappa shape index (κ2) is 7.32. The van der Waals surface area contributed by atoms with Crippen LogP contribution >= 0.6 is 22.7 Å². The topological polar surface area (TPSA) is 76.0 Å². The quantitative estimate of drug-likeness (QED) is 0.774.